The lowest BCUT2D eigenvalue weighted by atomic mass is 10.1. The molecule has 19 heavy (non-hydrogen) atoms. The Bertz CT molecular complexity index is 433. The summed E-state index contributed by atoms with van der Waals surface area (Å²) in [6.07, 6.45) is 3.67. The summed E-state index contributed by atoms with van der Waals surface area (Å²) in [7, 11) is 0. The summed E-state index contributed by atoms with van der Waals surface area (Å²) in [5.41, 5.74) is 6.28. The zero-order chi connectivity index (χ0) is 13.8. The number of amides is 1. The van der Waals surface area contributed by atoms with Gasteiger partial charge in [-0.15, -0.1) is 11.3 Å². The molecule has 1 aromatic heterocycles. The summed E-state index contributed by atoms with van der Waals surface area (Å²) in [5, 5.41) is 11.5. The number of hydrogen-bond donors (Lipinski definition) is 2. The first kappa shape index (κ1) is 14.4. The SMILES string of the molecule is CC(N)c1nc(C(=O)N2CCCC2CCCO)cs1. The number of likely N-dealkylation sites (tertiary alicyclic amines) is 1. The van der Waals surface area contributed by atoms with Crippen LogP contribution >= 0.6 is 11.3 Å². The van der Waals surface area contributed by atoms with Gasteiger partial charge in [-0.1, -0.05) is 0 Å². The number of aromatic nitrogens is 1. The molecule has 2 unspecified atom stereocenters. The lowest BCUT2D eigenvalue weighted by Gasteiger charge is -2.23. The van der Waals surface area contributed by atoms with Crippen molar-refractivity contribution < 1.29 is 9.90 Å². The topological polar surface area (TPSA) is 79.5 Å². The minimum Gasteiger partial charge on any atom is -0.396 e. The predicted octanol–water partition coefficient (Wildman–Crippen LogP) is 1.54. The molecule has 0 aromatic carbocycles. The molecule has 106 valence electrons. The number of hydrogen-bond acceptors (Lipinski definition) is 5. The fourth-order valence-corrected chi connectivity index (χ4v) is 3.22. The zero-order valence-electron chi connectivity index (χ0n) is 11.2. The van der Waals surface area contributed by atoms with Gasteiger partial charge in [0.2, 0.25) is 0 Å². The van der Waals surface area contributed by atoms with Gasteiger partial charge in [0.15, 0.2) is 0 Å². The molecule has 1 fully saturated rings. The van der Waals surface area contributed by atoms with Crippen LogP contribution in [-0.4, -0.2) is 40.1 Å². The molecule has 0 saturated carbocycles. The number of aliphatic hydroxyl groups is 1. The first-order valence-electron chi connectivity index (χ1n) is 6.76. The smallest absolute Gasteiger partial charge is 0.273 e. The van der Waals surface area contributed by atoms with Crippen LogP contribution in [0.4, 0.5) is 0 Å². The molecule has 2 rings (SSSR count). The van der Waals surface area contributed by atoms with Gasteiger partial charge in [-0.3, -0.25) is 4.79 Å². The van der Waals surface area contributed by atoms with Crippen molar-refractivity contribution in [2.75, 3.05) is 13.2 Å². The van der Waals surface area contributed by atoms with E-state index >= 15 is 0 Å². The Labute approximate surface area is 117 Å². The fourth-order valence-electron chi connectivity index (χ4n) is 2.47. The molecule has 2 atom stereocenters. The molecular weight excluding hydrogens is 262 g/mol. The molecule has 1 aliphatic heterocycles. The highest BCUT2D eigenvalue weighted by molar-refractivity contribution is 7.09. The third-order valence-electron chi connectivity index (χ3n) is 3.46. The van der Waals surface area contributed by atoms with E-state index in [0.29, 0.717) is 5.69 Å². The number of carbonyl (C=O) groups is 1. The Morgan fingerprint density at radius 3 is 3.16 bits per heavy atom. The van der Waals surface area contributed by atoms with Crippen LogP contribution in [0.3, 0.4) is 0 Å². The second-order valence-electron chi connectivity index (χ2n) is 5.02. The molecule has 0 spiro atoms. The standard InChI is InChI=1S/C13H21N3O2S/c1-9(14)12-15-11(8-19-12)13(18)16-6-2-4-10(16)5-3-7-17/h8-10,17H,2-7,14H2,1H3. The van der Waals surface area contributed by atoms with Crippen molar-refractivity contribution in [1.82, 2.24) is 9.88 Å². The third-order valence-corrected chi connectivity index (χ3v) is 4.51. The lowest BCUT2D eigenvalue weighted by Crippen LogP contribution is -2.35. The molecule has 1 aromatic rings. The summed E-state index contributed by atoms with van der Waals surface area (Å²) < 4.78 is 0. The maximum absolute atomic E-state index is 12.4. The molecule has 3 N–H and O–H groups in total. The monoisotopic (exact) mass is 283 g/mol. The van der Waals surface area contributed by atoms with Gasteiger partial charge >= 0.3 is 0 Å². The Morgan fingerprint density at radius 1 is 1.74 bits per heavy atom. The molecule has 1 amide bonds. The highest BCUT2D eigenvalue weighted by atomic mass is 32.1. The maximum atomic E-state index is 12.4. The largest absolute Gasteiger partial charge is 0.396 e. The highest BCUT2D eigenvalue weighted by Gasteiger charge is 2.30. The minimum atomic E-state index is -0.129. The molecule has 5 nitrogen and oxygen atoms in total. The van der Waals surface area contributed by atoms with Crippen molar-refractivity contribution in [2.45, 2.75) is 44.7 Å². The molecule has 1 saturated heterocycles. The average molecular weight is 283 g/mol. The van der Waals surface area contributed by atoms with E-state index in [4.69, 9.17) is 10.8 Å². The summed E-state index contributed by atoms with van der Waals surface area (Å²) in [4.78, 5) is 18.6. The summed E-state index contributed by atoms with van der Waals surface area (Å²) in [6.45, 7) is 2.84. The van der Waals surface area contributed by atoms with Crippen molar-refractivity contribution in [3.8, 4) is 0 Å². The van der Waals surface area contributed by atoms with E-state index in [9.17, 15) is 4.79 Å². The number of thiazole rings is 1. The Hall–Kier alpha value is -0.980. The van der Waals surface area contributed by atoms with Gasteiger partial charge in [0.1, 0.15) is 10.7 Å². The van der Waals surface area contributed by atoms with Crippen LogP contribution < -0.4 is 5.73 Å². The summed E-state index contributed by atoms with van der Waals surface area (Å²) in [5.74, 6) is 0.00332. The van der Waals surface area contributed by atoms with Crippen molar-refractivity contribution in [1.29, 1.82) is 0 Å². The second-order valence-corrected chi connectivity index (χ2v) is 5.91. The van der Waals surface area contributed by atoms with Crippen LogP contribution in [-0.2, 0) is 0 Å². The van der Waals surface area contributed by atoms with E-state index in [0.717, 1.165) is 37.2 Å². The van der Waals surface area contributed by atoms with Crippen LogP contribution in [0.1, 0.15) is 54.1 Å². The van der Waals surface area contributed by atoms with E-state index in [1.807, 2.05) is 11.8 Å². The predicted molar refractivity (Wildman–Crippen MR) is 75.1 cm³/mol. The van der Waals surface area contributed by atoms with Crippen LogP contribution in [0, 0.1) is 0 Å². The van der Waals surface area contributed by atoms with E-state index in [1.54, 1.807) is 5.38 Å². The molecule has 0 radical (unpaired) electrons. The molecule has 1 aliphatic rings. The van der Waals surface area contributed by atoms with E-state index in [-0.39, 0.29) is 24.6 Å². The normalized spacial score (nSPS) is 20.8. The van der Waals surface area contributed by atoms with Gasteiger partial charge in [0.25, 0.3) is 5.91 Å². The second kappa shape index (κ2) is 6.45. The third kappa shape index (κ3) is 3.32. The minimum absolute atomic E-state index is 0.00332. The number of nitrogens with zero attached hydrogens (tertiary/aromatic N) is 2. The van der Waals surface area contributed by atoms with Gasteiger partial charge in [-0.05, 0) is 32.6 Å². The molecule has 0 aliphatic carbocycles. The van der Waals surface area contributed by atoms with Crippen LogP contribution in [0.2, 0.25) is 0 Å². The molecular formula is C13H21N3O2S. The van der Waals surface area contributed by atoms with Gasteiger partial charge in [0, 0.05) is 24.6 Å². The maximum Gasteiger partial charge on any atom is 0.273 e. The fraction of sp³-hybridized carbons (Fsp3) is 0.692. The molecule has 2 heterocycles. The number of carbonyl (C=O) groups excluding carboxylic acids is 1. The number of aliphatic hydroxyl groups excluding tert-OH is 1. The number of rotatable bonds is 5. The van der Waals surface area contributed by atoms with Gasteiger partial charge in [0.05, 0.1) is 6.04 Å². The summed E-state index contributed by atoms with van der Waals surface area (Å²) in [6, 6.07) is 0.121. The Kier molecular flexibility index (Phi) is 4.90. The zero-order valence-corrected chi connectivity index (χ0v) is 12.0. The van der Waals surface area contributed by atoms with Gasteiger partial charge in [-0.2, -0.15) is 0 Å². The average Bonchev–Trinajstić information content (AvgIpc) is 3.04. The van der Waals surface area contributed by atoms with E-state index < -0.39 is 0 Å². The van der Waals surface area contributed by atoms with Crippen molar-refractivity contribution >= 4 is 17.2 Å². The van der Waals surface area contributed by atoms with Crippen LogP contribution in [0.5, 0.6) is 0 Å². The quantitative estimate of drug-likeness (QED) is 0.859. The lowest BCUT2D eigenvalue weighted by molar-refractivity contribution is 0.0719. The Balaban J connectivity index is 2.04. The van der Waals surface area contributed by atoms with E-state index in [2.05, 4.69) is 4.98 Å². The first-order chi connectivity index (χ1) is 9.13. The highest BCUT2D eigenvalue weighted by Crippen LogP contribution is 2.25. The molecule has 0 bridgehead atoms. The first-order valence-corrected chi connectivity index (χ1v) is 7.64. The summed E-state index contributed by atoms with van der Waals surface area (Å²) >= 11 is 1.44. The van der Waals surface area contributed by atoms with E-state index in [1.165, 1.54) is 11.3 Å². The van der Waals surface area contributed by atoms with Crippen LogP contribution in [0.15, 0.2) is 5.38 Å². The van der Waals surface area contributed by atoms with Gasteiger partial charge in [-0.25, -0.2) is 4.98 Å². The van der Waals surface area contributed by atoms with Crippen molar-refractivity contribution in [2.24, 2.45) is 5.73 Å². The Morgan fingerprint density at radius 2 is 2.53 bits per heavy atom. The number of nitrogens with two attached hydrogens (primary N) is 1. The molecule has 6 heteroatoms. The van der Waals surface area contributed by atoms with Crippen molar-refractivity contribution in [3.63, 3.8) is 0 Å². The van der Waals surface area contributed by atoms with Crippen molar-refractivity contribution in [3.05, 3.63) is 16.1 Å². The van der Waals surface area contributed by atoms with Gasteiger partial charge < -0.3 is 15.7 Å². The van der Waals surface area contributed by atoms with Crippen LogP contribution in [0.25, 0.3) is 0 Å².